The van der Waals surface area contributed by atoms with Crippen molar-refractivity contribution < 1.29 is 13.9 Å². The van der Waals surface area contributed by atoms with Gasteiger partial charge in [0, 0.05) is 18.2 Å². The molecular formula is C25H33FN2O2. The molecule has 0 bridgehead atoms. The first-order valence-corrected chi connectivity index (χ1v) is 10.8. The number of amides is 1. The number of hydrogen-bond acceptors (Lipinski definition) is 3. The standard InChI is InChI=1S/C25H33FN2O2/c1-18(2)30-23-9-6-20(7-10-23)16-25(29)28(22-11-13-27(4)14-12-22)17-21-8-5-19(3)15-24(21)26/h5-10,15,18,22H,11-14,16-17H2,1-4H3. The largest absolute Gasteiger partial charge is 0.491 e. The number of rotatable bonds is 7. The van der Waals surface area contributed by atoms with Gasteiger partial charge in [0.2, 0.25) is 5.91 Å². The van der Waals surface area contributed by atoms with E-state index in [2.05, 4.69) is 11.9 Å². The second-order valence-corrected chi connectivity index (χ2v) is 8.64. The Hall–Kier alpha value is -2.40. The molecule has 0 N–H and O–H groups in total. The van der Waals surface area contributed by atoms with E-state index < -0.39 is 0 Å². The minimum Gasteiger partial charge on any atom is -0.491 e. The third-order valence-electron chi connectivity index (χ3n) is 5.65. The molecule has 1 amide bonds. The maximum Gasteiger partial charge on any atom is 0.227 e. The van der Waals surface area contributed by atoms with E-state index >= 15 is 0 Å². The molecule has 5 heteroatoms. The minimum absolute atomic E-state index is 0.0436. The summed E-state index contributed by atoms with van der Waals surface area (Å²) in [5, 5.41) is 0. The molecule has 0 radical (unpaired) electrons. The van der Waals surface area contributed by atoms with Crippen LogP contribution in [-0.2, 0) is 17.8 Å². The number of hydrogen-bond donors (Lipinski definition) is 0. The van der Waals surface area contributed by atoms with Gasteiger partial charge >= 0.3 is 0 Å². The Morgan fingerprint density at radius 2 is 1.83 bits per heavy atom. The molecule has 4 nitrogen and oxygen atoms in total. The average Bonchev–Trinajstić information content (AvgIpc) is 2.69. The normalized spacial score (nSPS) is 15.4. The van der Waals surface area contributed by atoms with Crippen molar-refractivity contribution in [2.75, 3.05) is 20.1 Å². The van der Waals surface area contributed by atoms with Crippen molar-refractivity contribution >= 4 is 5.91 Å². The van der Waals surface area contributed by atoms with Crippen molar-refractivity contribution in [2.24, 2.45) is 0 Å². The number of halogens is 1. The molecule has 2 aromatic rings. The van der Waals surface area contributed by atoms with Crippen LogP contribution in [0.25, 0.3) is 0 Å². The topological polar surface area (TPSA) is 32.8 Å². The minimum atomic E-state index is -0.240. The fraction of sp³-hybridized carbons (Fsp3) is 0.480. The van der Waals surface area contributed by atoms with Gasteiger partial charge in [0.05, 0.1) is 12.5 Å². The number of benzene rings is 2. The molecule has 3 rings (SSSR count). The first-order valence-electron chi connectivity index (χ1n) is 10.8. The summed E-state index contributed by atoms with van der Waals surface area (Å²) in [6.45, 7) is 8.06. The Labute approximate surface area is 179 Å². The van der Waals surface area contributed by atoms with Crippen LogP contribution >= 0.6 is 0 Å². The Balaban J connectivity index is 1.75. The zero-order valence-corrected chi connectivity index (χ0v) is 18.5. The molecule has 1 aliphatic heterocycles. The van der Waals surface area contributed by atoms with Crippen LogP contribution in [0.5, 0.6) is 5.75 Å². The number of carbonyl (C=O) groups excluding carboxylic acids is 1. The van der Waals surface area contributed by atoms with E-state index in [-0.39, 0.29) is 23.9 Å². The van der Waals surface area contributed by atoms with Crippen molar-refractivity contribution in [1.82, 2.24) is 9.80 Å². The summed E-state index contributed by atoms with van der Waals surface area (Å²) in [6.07, 6.45) is 2.25. The number of carbonyl (C=O) groups is 1. The number of nitrogens with zero attached hydrogens (tertiary/aromatic N) is 2. The highest BCUT2D eigenvalue weighted by atomic mass is 19.1. The second kappa shape index (κ2) is 10.1. The van der Waals surface area contributed by atoms with Gasteiger partial charge in [-0.3, -0.25) is 4.79 Å². The predicted molar refractivity (Wildman–Crippen MR) is 118 cm³/mol. The van der Waals surface area contributed by atoms with E-state index in [0.29, 0.717) is 18.5 Å². The van der Waals surface area contributed by atoms with E-state index in [1.165, 1.54) is 0 Å². The van der Waals surface area contributed by atoms with Crippen molar-refractivity contribution in [3.8, 4) is 5.75 Å². The van der Waals surface area contributed by atoms with Crippen LogP contribution in [0.1, 0.15) is 43.4 Å². The molecule has 1 heterocycles. The highest BCUT2D eigenvalue weighted by Gasteiger charge is 2.27. The van der Waals surface area contributed by atoms with Gasteiger partial charge in [0.15, 0.2) is 0 Å². The third-order valence-corrected chi connectivity index (χ3v) is 5.65. The zero-order chi connectivity index (χ0) is 21.7. The monoisotopic (exact) mass is 412 g/mol. The molecule has 2 aromatic carbocycles. The summed E-state index contributed by atoms with van der Waals surface area (Å²) in [5.41, 5.74) is 2.41. The molecule has 1 aliphatic rings. The van der Waals surface area contributed by atoms with E-state index in [1.54, 1.807) is 12.1 Å². The summed E-state index contributed by atoms with van der Waals surface area (Å²) in [4.78, 5) is 17.5. The van der Waals surface area contributed by atoms with E-state index in [9.17, 15) is 9.18 Å². The zero-order valence-electron chi connectivity index (χ0n) is 18.5. The van der Waals surface area contributed by atoms with Crippen LogP contribution in [0, 0.1) is 12.7 Å². The Morgan fingerprint density at radius 3 is 2.43 bits per heavy atom. The number of aryl methyl sites for hydroxylation is 1. The highest BCUT2D eigenvalue weighted by molar-refractivity contribution is 5.79. The predicted octanol–water partition coefficient (Wildman–Crippen LogP) is 4.59. The molecule has 1 fully saturated rings. The highest BCUT2D eigenvalue weighted by Crippen LogP contribution is 2.22. The van der Waals surface area contributed by atoms with Crippen LogP contribution in [0.3, 0.4) is 0 Å². The molecule has 0 unspecified atom stereocenters. The maximum atomic E-state index is 14.5. The van der Waals surface area contributed by atoms with Crippen molar-refractivity contribution in [3.63, 3.8) is 0 Å². The lowest BCUT2D eigenvalue weighted by Crippen LogP contribution is -2.46. The molecule has 0 aromatic heterocycles. The van der Waals surface area contributed by atoms with E-state index in [4.69, 9.17) is 4.74 Å². The third kappa shape index (κ3) is 6.05. The molecule has 0 aliphatic carbocycles. The van der Waals surface area contributed by atoms with Crippen molar-refractivity contribution in [3.05, 3.63) is 65.0 Å². The van der Waals surface area contributed by atoms with Crippen LogP contribution in [-0.4, -0.2) is 48.0 Å². The second-order valence-electron chi connectivity index (χ2n) is 8.64. The van der Waals surface area contributed by atoms with E-state index in [0.717, 1.165) is 42.8 Å². The van der Waals surface area contributed by atoms with Crippen LogP contribution in [0.4, 0.5) is 4.39 Å². The molecule has 1 saturated heterocycles. The van der Waals surface area contributed by atoms with Gasteiger partial charge in [-0.25, -0.2) is 4.39 Å². The lowest BCUT2D eigenvalue weighted by atomic mass is 10.0. The van der Waals surface area contributed by atoms with E-state index in [1.807, 2.05) is 56.0 Å². The Bertz CT molecular complexity index is 843. The average molecular weight is 413 g/mol. The number of likely N-dealkylation sites (tertiary alicyclic amines) is 1. The number of ether oxygens (including phenoxy) is 1. The van der Waals surface area contributed by atoms with Crippen molar-refractivity contribution in [1.29, 1.82) is 0 Å². The summed E-state index contributed by atoms with van der Waals surface area (Å²) >= 11 is 0. The summed E-state index contributed by atoms with van der Waals surface area (Å²) < 4.78 is 20.2. The number of piperidine rings is 1. The first-order chi connectivity index (χ1) is 14.3. The van der Waals surface area contributed by atoms with Crippen LogP contribution < -0.4 is 4.74 Å². The van der Waals surface area contributed by atoms with Gasteiger partial charge in [-0.2, -0.15) is 0 Å². The fourth-order valence-corrected chi connectivity index (χ4v) is 3.93. The Morgan fingerprint density at radius 1 is 1.17 bits per heavy atom. The summed E-state index contributed by atoms with van der Waals surface area (Å²) in [7, 11) is 2.10. The van der Waals surface area contributed by atoms with Gasteiger partial charge < -0.3 is 14.5 Å². The quantitative estimate of drug-likeness (QED) is 0.667. The van der Waals surface area contributed by atoms with Crippen LogP contribution in [0.2, 0.25) is 0 Å². The van der Waals surface area contributed by atoms with Crippen molar-refractivity contribution in [2.45, 2.75) is 58.7 Å². The fourth-order valence-electron chi connectivity index (χ4n) is 3.93. The molecule has 0 spiro atoms. The smallest absolute Gasteiger partial charge is 0.227 e. The summed E-state index contributed by atoms with van der Waals surface area (Å²) in [6, 6.07) is 13.1. The lowest BCUT2D eigenvalue weighted by Gasteiger charge is -2.37. The molecular weight excluding hydrogens is 379 g/mol. The van der Waals surface area contributed by atoms with Crippen LogP contribution in [0.15, 0.2) is 42.5 Å². The molecule has 0 atom stereocenters. The molecule has 162 valence electrons. The Kier molecular flexibility index (Phi) is 7.48. The molecule has 0 saturated carbocycles. The maximum absolute atomic E-state index is 14.5. The van der Waals surface area contributed by atoms with Gasteiger partial charge in [0.1, 0.15) is 11.6 Å². The van der Waals surface area contributed by atoms with Gasteiger partial charge in [-0.15, -0.1) is 0 Å². The SMILES string of the molecule is Cc1ccc(CN(C(=O)Cc2ccc(OC(C)C)cc2)C2CCN(C)CC2)c(F)c1. The van der Waals surface area contributed by atoms with Gasteiger partial charge in [0.25, 0.3) is 0 Å². The molecule has 30 heavy (non-hydrogen) atoms. The van der Waals surface area contributed by atoms with Gasteiger partial charge in [-0.05, 0) is 83.1 Å². The first kappa shape index (κ1) is 22.3. The lowest BCUT2D eigenvalue weighted by molar-refractivity contribution is -0.134. The van der Waals surface area contributed by atoms with Gasteiger partial charge in [-0.1, -0.05) is 24.3 Å². The summed E-state index contributed by atoms with van der Waals surface area (Å²) in [5.74, 6) is 0.605.